The van der Waals surface area contributed by atoms with Gasteiger partial charge in [-0.05, 0) is 31.5 Å². The molecule has 1 atom stereocenters. The van der Waals surface area contributed by atoms with E-state index in [1.165, 1.54) is 13.8 Å². The fraction of sp³-hybridized carbons (Fsp3) is 0.500. The highest BCUT2D eigenvalue weighted by molar-refractivity contribution is 7.92. The van der Waals surface area contributed by atoms with Crippen molar-refractivity contribution in [2.75, 3.05) is 6.26 Å². The molecule has 0 radical (unpaired) electrons. The number of rotatable bonds is 4. The lowest BCUT2D eigenvalue weighted by molar-refractivity contribution is -0.121. The average molecular weight is 255 g/mol. The minimum absolute atomic E-state index is 0.300. The zero-order chi connectivity index (χ0) is 13.3. The van der Waals surface area contributed by atoms with E-state index in [1.54, 1.807) is 31.5 Å². The lowest BCUT2D eigenvalue weighted by atomic mass is 9.90. The zero-order valence-corrected chi connectivity index (χ0v) is 11.3. The second-order valence-corrected chi connectivity index (χ2v) is 7.21. The maximum absolute atomic E-state index is 12.2. The molecule has 94 valence electrons. The van der Waals surface area contributed by atoms with Crippen LogP contribution in [0.15, 0.2) is 24.5 Å². The third kappa shape index (κ3) is 2.72. The third-order valence-electron chi connectivity index (χ3n) is 3.12. The normalized spacial score (nSPS) is 14.4. The summed E-state index contributed by atoms with van der Waals surface area (Å²) < 4.78 is 21.8. The lowest BCUT2D eigenvalue weighted by Gasteiger charge is -2.24. The number of sulfone groups is 1. The maximum atomic E-state index is 12.2. The van der Waals surface area contributed by atoms with Crippen molar-refractivity contribution in [3.05, 3.63) is 30.1 Å². The van der Waals surface area contributed by atoms with Gasteiger partial charge in [0.15, 0.2) is 15.6 Å². The number of carbonyl (C=O) groups is 1. The molecule has 0 aliphatic carbocycles. The molecular formula is C12H17NO3S. The van der Waals surface area contributed by atoms with Crippen molar-refractivity contribution >= 4 is 15.6 Å². The van der Waals surface area contributed by atoms with Gasteiger partial charge >= 0.3 is 0 Å². The number of carbonyl (C=O) groups excluding carboxylic acids is 1. The minimum Gasteiger partial charge on any atom is -0.297 e. The van der Waals surface area contributed by atoms with Crippen molar-refractivity contribution in [1.29, 1.82) is 0 Å². The van der Waals surface area contributed by atoms with Crippen molar-refractivity contribution in [2.45, 2.75) is 31.4 Å². The summed E-state index contributed by atoms with van der Waals surface area (Å²) in [5.74, 6) is -0.756. The summed E-state index contributed by atoms with van der Waals surface area (Å²) in [7, 11) is -3.42. The Morgan fingerprint density at radius 2 is 1.76 bits per heavy atom. The molecule has 0 fully saturated rings. The fourth-order valence-corrected chi connectivity index (χ4v) is 2.05. The van der Waals surface area contributed by atoms with E-state index in [-0.39, 0.29) is 5.78 Å². The Bertz CT molecular complexity index is 506. The number of Topliss-reactive ketones (excluding diaryl/α,β-unsaturated/α-hetero) is 1. The van der Waals surface area contributed by atoms with Crippen molar-refractivity contribution in [3.8, 4) is 0 Å². The summed E-state index contributed by atoms with van der Waals surface area (Å²) in [5.41, 5.74) is 0.779. The molecule has 1 aromatic rings. The van der Waals surface area contributed by atoms with Crippen molar-refractivity contribution in [3.63, 3.8) is 0 Å². The molecule has 1 rings (SSSR count). The van der Waals surface area contributed by atoms with Crippen LogP contribution in [0.3, 0.4) is 0 Å². The van der Waals surface area contributed by atoms with Crippen LogP contribution in [-0.4, -0.2) is 30.2 Å². The fourth-order valence-electron chi connectivity index (χ4n) is 1.51. The Kier molecular flexibility index (Phi) is 3.71. The van der Waals surface area contributed by atoms with Gasteiger partial charge in [0.05, 0.1) is 0 Å². The molecule has 5 heteroatoms. The van der Waals surface area contributed by atoms with Gasteiger partial charge in [0.1, 0.15) is 4.75 Å². The molecule has 1 unspecified atom stereocenters. The van der Waals surface area contributed by atoms with Crippen molar-refractivity contribution < 1.29 is 13.2 Å². The van der Waals surface area contributed by atoms with Gasteiger partial charge in [-0.25, -0.2) is 8.42 Å². The highest BCUT2D eigenvalue weighted by atomic mass is 32.2. The first-order valence-electron chi connectivity index (χ1n) is 5.31. The van der Waals surface area contributed by atoms with E-state index in [1.807, 2.05) is 0 Å². The molecule has 0 aliphatic heterocycles. The molecule has 1 aromatic heterocycles. The first kappa shape index (κ1) is 13.8. The molecule has 1 heterocycles. The Balaban J connectivity index is 3.08. The van der Waals surface area contributed by atoms with Crippen LogP contribution in [0, 0.1) is 0 Å². The van der Waals surface area contributed by atoms with Gasteiger partial charge in [-0.1, -0.05) is 6.92 Å². The molecule has 0 saturated heterocycles. The molecular weight excluding hydrogens is 238 g/mol. The largest absolute Gasteiger partial charge is 0.297 e. The third-order valence-corrected chi connectivity index (χ3v) is 5.17. The Labute approximate surface area is 102 Å². The number of pyridine rings is 1. The molecule has 0 aliphatic rings. The molecule has 0 spiro atoms. The van der Waals surface area contributed by atoms with Crippen molar-refractivity contribution in [2.24, 2.45) is 0 Å². The first-order valence-corrected chi connectivity index (χ1v) is 7.21. The second kappa shape index (κ2) is 4.56. The molecule has 0 bridgehead atoms. The second-order valence-electron chi connectivity index (χ2n) is 4.65. The summed E-state index contributed by atoms with van der Waals surface area (Å²) in [6, 6.07) is 3.45. The summed E-state index contributed by atoms with van der Waals surface area (Å²) in [4.78, 5) is 16.1. The number of ketones is 1. The predicted octanol–water partition coefficient (Wildman–Crippen LogP) is 1.58. The number of hydrogen-bond acceptors (Lipinski definition) is 4. The van der Waals surface area contributed by atoms with Gasteiger partial charge in [-0.2, -0.15) is 0 Å². The zero-order valence-electron chi connectivity index (χ0n) is 10.5. The SMILES string of the molecule is CC(C(=O)C(C)(C)S(C)(=O)=O)c1ccncc1. The summed E-state index contributed by atoms with van der Waals surface area (Å²) in [6.45, 7) is 4.61. The Morgan fingerprint density at radius 3 is 2.18 bits per heavy atom. The van der Waals surface area contributed by atoms with Gasteiger partial charge in [0.25, 0.3) is 0 Å². The van der Waals surface area contributed by atoms with E-state index in [2.05, 4.69) is 4.98 Å². The van der Waals surface area contributed by atoms with Gasteiger partial charge in [0, 0.05) is 24.6 Å². The van der Waals surface area contributed by atoms with E-state index >= 15 is 0 Å². The molecule has 0 N–H and O–H groups in total. The molecule has 0 aromatic carbocycles. The standard InChI is InChI=1S/C12H17NO3S/c1-9(10-5-7-13-8-6-10)11(14)12(2,3)17(4,15)16/h5-9H,1-4H3. The van der Waals surface area contributed by atoms with E-state index in [4.69, 9.17) is 0 Å². The van der Waals surface area contributed by atoms with Crippen LogP contribution in [-0.2, 0) is 14.6 Å². The maximum Gasteiger partial charge on any atom is 0.160 e. The summed E-state index contributed by atoms with van der Waals surface area (Å²) in [5, 5.41) is 0. The number of nitrogens with zero attached hydrogens (tertiary/aromatic N) is 1. The van der Waals surface area contributed by atoms with E-state index < -0.39 is 20.5 Å². The number of aromatic nitrogens is 1. The smallest absolute Gasteiger partial charge is 0.160 e. The van der Waals surface area contributed by atoms with Crippen LogP contribution in [0.25, 0.3) is 0 Å². The summed E-state index contributed by atoms with van der Waals surface area (Å²) in [6.07, 6.45) is 4.27. The van der Waals surface area contributed by atoms with Gasteiger partial charge in [-0.3, -0.25) is 9.78 Å². The summed E-state index contributed by atoms with van der Waals surface area (Å²) >= 11 is 0. The molecule has 0 saturated carbocycles. The predicted molar refractivity (Wildman–Crippen MR) is 66.6 cm³/mol. The quantitative estimate of drug-likeness (QED) is 0.819. The van der Waals surface area contributed by atoms with Gasteiger partial charge in [0.2, 0.25) is 0 Å². The minimum atomic E-state index is -3.42. The highest BCUT2D eigenvalue weighted by Gasteiger charge is 2.40. The Morgan fingerprint density at radius 1 is 1.29 bits per heavy atom. The first-order chi connectivity index (χ1) is 7.68. The van der Waals surface area contributed by atoms with Crippen molar-refractivity contribution in [1.82, 2.24) is 4.98 Å². The van der Waals surface area contributed by atoms with Crippen LogP contribution in [0.2, 0.25) is 0 Å². The van der Waals surface area contributed by atoms with E-state index in [0.29, 0.717) is 0 Å². The monoisotopic (exact) mass is 255 g/mol. The Hall–Kier alpha value is -1.23. The van der Waals surface area contributed by atoms with E-state index in [0.717, 1.165) is 11.8 Å². The molecule has 17 heavy (non-hydrogen) atoms. The van der Waals surface area contributed by atoms with Crippen LogP contribution in [0.1, 0.15) is 32.3 Å². The number of hydrogen-bond donors (Lipinski definition) is 0. The molecule has 4 nitrogen and oxygen atoms in total. The van der Waals surface area contributed by atoms with Crippen LogP contribution >= 0.6 is 0 Å². The van der Waals surface area contributed by atoms with Crippen LogP contribution in [0.4, 0.5) is 0 Å². The highest BCUT2D eigenvalue weighted by Crippen LogP contribution is 2.26. The lowest BCUT2D eigenvalue weighted by Crippen LogP contribution is -2.42. The van der Waals surface area contributed by atoms with Crippen LogP contribution < -0.4 is 0 Å². The topological polar surface area (TPSA) is 64.1 Å². The van der Waals surface area contributed by atoms with Crippen LogP contribution in [0.5, 0.6) is 0 Å². The van der Waals surface area contributed by atoms with Gasteiger partial charge in [-0.15, -0.1) is 0 Å². The van der Waals surface area contributed by atoms with Gasteiger partial charge < -0.3 is 0 Å². The average Bonchev–Trinajstić information content (AvgIpc) is 2.26. The van der Waals surface area contributed by atoms with E-state index in [9.17, 15) is 13.2 Å². The molecule has 0 amide bonds.